The largest absolute Gasteiger partial charge is 0.381 e. The Morgan fingerprint density at radius 3 is 2.80 bits per heavy atom. The highest BCUT2D eigenvalue weighted by molar-refractivity contribution is 5.36. The van der Waals surface area contributed by atoms with Crippen LogP contribution < -0.4 is 5.73 Å². The molecule has 0 amide bonds. The Morgan fingerprint density at radius 2 is 2.33 bits per heavy atom. The molecule has 5 heteroatoms. The Bertz CT molecular complexity index is 404. The van der Waals surface area contributed by atoms with Crippen molar-refractivity contribution in [3.05, 3.63) is 11.5 Å². The molecule has 2 bridgehead atoms. The second-order valence-corrected chi connectivity index (χ2v) is 4.42. The average molecular weight is 211 g/mol. The predicted octanol–water partition coefficient (Wildman–Crippen LogP) is 1.18. The minimum absolute atomic E-state index is 0.104. The molecule has 1 aromatic heterocycles. The van der Waals surface area contributed by atoms with Gasteiger partial charge < -0.3 is 10.5 Å². The first kappa shape index (κ1) is 9.15. The summed E-state index contributed by atoms with van der Waals surface area (Å²) >= 11 is 0. The van der Waals surface area contributed by atoms with E-state index in [0.29, 0.717) is 11.8 Å². The third kappa shape index (κ3) is 1.19. The molecule has 2 N–H and O–H groups in total. The van der Waals surface area contributed by atoms with Gasteiger partial charge in [0.25, 0.3) is 0 Å². The number of halogens is 1. The highest BCUT2D eigenvalue weighted by atomic mass is 19.1. The summed E-state index contributed by atoms with van der Waals surface area (Å²) in [5, 5.41) is 4.15. The van der Waals surface area contributed by atoms with Crippen molar-refractivity contribution in [3.63, 3.8) is 0 Å². The number of hydrogen-bond acceptors (Lipinski definition) is 3. The number of anilines is 1. The van der Waals surface area contributed by atoms with Crippen LogP contribution in [0.4, 0.5) is 10.2 Å². The van der Waals surface area contributed by atoms with Crippen molar-refractivity contribution in [3.8, 4) is 0 Å². The molecule has 3 rings (SSSR count). The molecule has 0 radical (unpaired) electrons. The summed E-state index contributed by atoms with van der Waals surface area (Å²) in [5.41, 5.74) is 6.04. The zero-order chi connectivity index (χ0) is 10.6. The van der Waals surface area contributed by atoms with E-state index < -0.39 is 0 Å². The molecular formula is C10H14FN3O. The van der Waals surface area contributed by atoms with Crippen molar-refractivity contribution >= 4 is 5.82 Å². The first-order valence-corrected chi connectivity index (χ1v) is 5.30. The van der Waals surface area contributed by atoms with Gasteiger partial charge in [0.15, 0.2) is 11.6 Å². The van der Waals surface area contributed by atoms with Crippen LogP contribution in [-0.2, 0) is 11.8 Å². The normalized spacial score (nSPS) is 33.9. The number of nitrogens with two attached hydrogens (primary N) is 1. The number of aromatic nitrogens is 2. The van der Waals surface area contributed by atoms with Gasteiger partial charge in [0.1, 0.15) is 5.69 Å². The Hall–Kier alpha value is -1.10. The van der Waals surface area contributed by atoms with E-state index >= 15 is 0 Å². The van der Waals surface area contributed by atoms with E-state index in [1.54, 1.807) is 7.05 Å². The van der Waals surface area contributed by atoms with Crippen LogP contribution in [0.15, 0.2) is 0 Å². The van der Waals surface area contributed by atoms with E-state index in [4.69, 9.17) is 10.5 Å². The molecule has 2 aliphatic rings. The SMILES string of the molecule is Cn1nc([C@H]2C[C@@H]3CC[C@H]2O3)c(F)c1N. The van der Waals surface area contributed by atoms with Gasteiger partial charge in [0.2, 0.25) is 0 Å². The van der Waals surface area contributed by atoms with Gasteiger partial charge in [0, 0.05) is 13.0 Å². The van der Waals surface area contributed by atoms with Crippen molar-refractivity contribution in [1.82, 2.24) is 9.78 Å². The molecule has 0 saturated carbocycles. The van der Waals surface area contributed by atoms with E-state index in [2.05, 4.69) is 5.10 Å². The zero-order valence-corrected chi connectivity index (χ0v) is 8.61. The van der Waals surface area contributed by atoms with Gasteiger partial charge in [0.05, 0.1) is 12.2 Å². The number of fused-ring (bicyclic) bond motifs is 2. The topological polar surface area (TPSA) is 53.1 Å². The summed E-state index contributed by atoms with van der Waals surface area (Å²) in [6.07, 6.45) is 3.47. The minimum Gasteiger partial charge on any atom is -0.381 e. The van der Waals surface area contributed by atoms with Gasteiger partial charge in [-0.25, -0.2) is 4.39 Å². The first-order chi connectivity index (χ1) is 7.16. The van der Waals surface area contributed by atoms with Gasteiger partial charge in [-0.05, 0) is 19.3 Å². The maximum absolute atomic E-state index is 13.7. The summed E-state index contributed by atoms with van der Waals surface area (Å²) in [6.45, 7) is 0. The Labute approximate surface area is 87.2 Å². The van der Waals surface area contributed by atoms with Crippen LogP contribution in [0.1, 0.15) is 30.9 Å². The van der Waals surface area contributed by atoms with E-state index in [1.807, 2.05) is 0 Å². The van der Waals surface area contributed by atoms with Crippen LogP contribution >= 0.6 is 0 Å². The van der Waals surface area contributed by atoms with Crippen molar-refractivity contribution in [2.75, 3.05) is 5.73 Å². The van der Waals surface area contributed by atoms with E-state index in [0.717, 1.165) is 19.3 Å². The Morgan fingerprint density at radius 1 is 1.53 bits per heavy atom. The summed E-state index contributed by atoms with van der Waals surface area (Å²) in [7, 11) is 1.66. The number of aryl methyl sites for hydroxylation is 1. The van der Waals surface area contributed by atoms with Gasteiger partial charge in [-0.2, -0.15) is 5.10 Å². The average Bonchev–Trinajstić information content (AvgIpc) is 2.89. The molecule has 2 fully saturated rings. The lowest BCUT2D eigenvalue weighted by Crippen LogP contribution is -2.16. The maximum Gasteiger partial charge on any atom is 0.188 e. The van der Waals surface area contributed by atoms with Crippen LogP contribution in [0.2, 0.25) is 0 Å². The van der Waals surface area contributed by atoms with E-state index in [1.165, 1.54) is 4.68 Å². The molecule has 0 aromatic carbocycles. The maximum atomic E-state index is 13.7. The van der Waals surface area contributed by atoms with Crippen LogP contribution in [0.25, 0.3) is 0 Å². The van der Waals surface area contributed by atoms with E-state index in [-0.39, 0.29) is 23.7 Å². The second kappa shape index (κ2) is 2.95. The van der Waals surface area contributed by atoms with Gasteiger partial charge >= 0.3 is 0 Å². The van der Waals surface area contributed by atoms with Crippen LogP contribution in [0.3, 0.4) is 0 Å². The fraction of sp³-hybridized carbons (Fsp3) is 0.700. The molecule has 82 valence electrons. The quantitative estimate of drug-likeness (QED) is 0.758. The summed E-state index contributed by atoms with van der Waals surface area (Å²) < 4.78 is 20.8. The van der Waals surface area contributed by atoms with Gasteiger partial charge in [-0.3, -0.25) is 4.68 Å². The van der Waals surface area contributed by atoms with Crippen molar-refractivity contribution in [2.45, 2.75) is 37.4 Å². The lowest BCUT2D eigenvalue weighted by molar-refractivity contribution is 0.0999. The number of ether oxygens (including phenoxy) is 1. The number of hydrogen-bond donors (Lipinski definition) is 1. The monoisotopic (exact) mass is 211 g/mol. The summed E-state index contributed by atoms with van der Waals surface area (Å²) in [6, 6.07) is 0. The molecule has 2 aliphatic heterocycles. The first-order valence-electron chi connectivity index (χ1n) is 5.30. The van der Waals surface area contributed by atoms with Crippen LogP contribution in [-0.4, -0.2) is 22.0 Å². The number of nitrogen functional groups attached to an aromatic ring is 1. The molecule has 0 unspecified atom stereocenters. The molecule has 1 aromatic rings. The molecule has 3 heterocycles. The summed E-state index contributed by atoms with van der Waals surface area (Å²) in [4.78, 5) is 0. The molecular weight excluding hydrogens is 197 g/mol. The fourth-order valence-electron chi connectivity index (χ4n) is 2.70. The highest BCUT2D eigenvalue weighted by Crippen LogP contribution is 2.45. The zero-order valence-electron chi connectivity index (χ0n) is 8.61. The molecule has 0 spiro atoms. The Balaban J connectivity index is 1.96. The molecule has 15 heavy (non-hydrogen) atoms. The molecule has 2 saturated heterocycles. The van der Waals surface area contributed by atoms with Gasteiger partial charge in [-0.1, -0.05) is 0 Å². The predicted molar refractivity (Wildman–Crippen MR) is 52.8 cm³/mol. The van der Waals surface area contributed by atoms with Crippen LogP contribution in [0.5, 0.6) is 0 Å². The standard InChI is InChI=1S/C10H14FN3O/c1-14-10(12)8(11)9(13-14)6-4-5-2-3-7(6)15-5/h5-7H,2-4,12H2,1H3/t5-,6-,7+/m0/s1. The van der Waals surface area contributed by atoms with Crippen molar-refractivity contribution < 1.29 is 9.13 Å². The molecule has 4 nitrogen and oxygen atoms in total. The highest BCUT2D eigenvalue weighted by Gasteiger charge is 2.44. The fourth-order valence-corrected chi connectivity index (χ4v) is 2.70. The smallest absolute Gasteiger partial charge is 0.188 e. The van der Waals surface area contributed by atoms with Crippen LogP contribution in [0, 0.1) is 5.82 Å². The lowest BCUT2D eigenvalue weighted by atomic mass is 9.87. The minimum atomic E-state index is -0.362. The Kier molecular flexibility index (Phi) is 1.80. The third-order valence-electron chi connectivity index (χ3n) is 3.51. The number of nitrogens with zero attached hydrogens (tertiary/aromatic N) is 2. The third-order valence-corrected chi connectivity index (χ3v) is 3.51. The molecule has 3 atom stereocenters. The van der Waals surface area contributed by atoms with Crippen molar-refractivity contribution in [1.29, 1.82) is 0 Å². The van der Waals surface area contributed by atoms with Gasteiger partial charge in [-0.15, -0.1) is 0 Å². The second-order valence-electron chi connectivity index (χ2n) is 4.42. The number of rotatable bonds is 1. The van der Waals surface area contributed by atoms with E-state index in [9.17, 15) is 4.39 Å². The molecule has 0 aliphatic carbocycles. The summed E-state index contributed by atoms with van der Waals surface area (Å²) in [5.74, 6) is -0.140. The lowest BCUT2D eigenvalue weighted by Gasteiger charge is -2.15. The van der Waals surface area contributed by atoms with Crippen molar-refractivity contribution in [2.24, 2.45) is 7.05 Å².